The third-order valence-corrected chi connectivity index (χ3v) is 5.63. The molecule has 1 atom stereocenters. The zero-order chi connectivity index (χ0) is 15.2. The van der Waals surface area contributed by atoms with Crippen LogP contribution in [-0.4, -0.2) is 61.0 Å². The Bertz CT molecular complexity index is 694. The van der Waals surface area contributed by atoms with Gasteiger partial charge in [-0.2, -0.15) is 4.31 Å². The van der Waals surface area contributed by atoms with Crippen LogP contribution in [0.3, 0.4) is 0 Å². The summed E-state index contributed by atoms with van der Waals surface area (Å²) in [6.45, 7) is 0.880. The smallest absolute Gasteiger partial charge is 0.317 e. The molecular formula is C12H14FN3O4S. The second-order valence-electron chi connectivity index (χ2n) is 5.01. The topological polar surface area (TPSA) is 90.0 Å². The number of urea groups is 1. The molecule has 0 bridgehead atoms. The number of nitrogens with zero attached hydrogens (tertiary/aromatic N) is 2. The molecule has 1 aromatic carbocycles. The first-order valence-electron chi connectivity index (χ1n) is 6.43. The number of aromatic hydroxyl groups is 1. The summed E-state index contributed by atoms with van der Waals surface area (Å²) in [5.41, 5.74) is 0. The highest BCUT2D eigenvalue weighted by molar-refractivity contribution is 7.89. The second kappa shape index (κ2) is 4.85. The van der Waals surface area contributed by atoms with Crippen molar-refractivity contribution in [3.8, 4) is 5.75 Å². The summed E-state index contributed by atoms with van der Waals surface area (Å²) in [5.74, 6) is -1.22. The number of hydrogen-bond acceptors (Lipinski definition) is 4. The van der Waals surface area contributed by atoms with E-state index in [4.69, 9.17) is 0 Å². The molecular weight excluding hydrogens is 301 g/mol. The van der Waals surface area contributed by atoms with Gasteiger partial charge in [0.2, 0.25) is 10.0 Å². The monoisotopic (exact) mass is 315 g/mol. The van der Waals surface area contributed by atoms with Crippen LogP contribution in [-0.2, 0) is 10.0 Å². The minimum absolute atomic E-state index is 0.113. The first-order chi connectivity index (χ1) is 9.89. The number of carbonyl (C=O) groups is 1. The van der Waals surface area contributed by atoms with Gasteiger partial charge in [-0.25, -0.2) is 17.6 Å². The lowest BCUT2D eigenvalue weighted by atomic mass is 10.2. The van der Waals surface area contributed by atoms with Crippen LogP contribution in [0.1, 0.15) is 0 Å². The number of piperazine rings is 1. The van der Waals surface area contributed by atoms with E-state index in [0.29, 0.717) is 6.54 Å². The molecule has 114 valence electrons. The van der Waals surface area contributed by atoms with Gasteiger partial charge in [0.15, 0.2) is 0 Å². The van der Waals surface area contributed by atoms with E-state index in [1.54, 1.807) is 4.90 Å². The average Bonchev–Trinajstić information content (AvgIpc) is 2.82. The molecule has 21 heavy (non-hydrogen) atoms. The Morgan fingerprint density at radius 2 is 2.10 bits per heavy atom. The summed E-state index contributed by atoms with van der Waals surface area (Å²) in [5, 5.41) is 12.3. The number of fused-ring (bicyclic) bond motifs is 1. The molecule has 2 aliphatic heterocycles. The minimum atomic E-state index is -3.99. The second-order valence-corrected chi connectivity index (χ2v) is 6.91. The minimum Gasteiger partial charge on any atom is -0.507 e. The fraction of sp³-hybridized carbons (Fsp3) is 0.417. The quantitative estimate of drug-likeness (QED) is 0.799. The first kappa shape index (κ1) is 14.1. The normalized spacial score (nSPS) is 23.0. The van der Waals surface area contributed by atoms with Gasteiger partial charge in [-0.05, 0) is 18.2 Å². The molecule has 2 aliphatic rings. The Morgan fingerprint density at radius 1 is 1.33 bits per heavy atom. The number of rotatable bonds is 2. The van der Waals surface area contributed by atoms with Crippen LogP contribution in [0.25, 0.3) is 0 Å². The average molecular weight is 315 g/mol. The lowest BCUT2D eigenvalue weighted by molar-refractivity contribution is 0.164. The van der Waals surface area contributed by atoms with E-state index >= 15 is 0 Å². The van der Waals surface area contributed by atoms with E-state index in [-0.39, 0.29) is 31.7 Å². The van der Waals surface area contributed by atoms with Gasteiger partial charge in [0.05, 0.1) is 6.04 Å². The van der Waals surface area contributed by atoms with E-state index in [2.05, 4.69) is 5.32 Å². The highest BCUT2D eigenvalue weighted by atomic mass is 32.2. The fourth-order valence-electron chi connectivity index (χ4n) is 2.63. The summed E-state index contributed by atoms with van der Waals surface area (Å²) in [4.78, 5) is 12.6. The van der Waals surface area contributed by atoms with Gasteiger partial charge in [-0.1, -0.05) is 0 Å². The molecule has 0 saturated carbocycles. The largest absolute Gasteiger partial charge is 0.507 e. The van der Waals surface area contributed by atoms with Crippen LogP contribution in [0.15, 0.2) is 23.1 Å². The van der Waals surface area contributed by atoms with E-state index in [1.807, 2.05) is 0 Å². The summed E-state index contributed by atoms with van der Waals surface area (Å²) in [6.07, 6.45) is 0. The Morgan fingerprint density at radius 3 is 2.86 bits per heavy atom. The van der Waals surface area contributed by atoms with E-state index < -0.39 is 26.5 Å². The number of hydrogen-bond donors (Lipinski definition) is 2. The van der Waals surface area contributed by atoms with Crippen molar-refractivity contribution >= 4 is 16.1 Å². The van der Waals surface area contributed by atoms with Gasteiger partial charge in [0.25, 0.3) is 0 Å². The maximum atomic E-state index is 13.3. The maximum Gasteiger partial charge on any atom is 0.317 e. The third-order valence-electron chi connectivity index (χ3n) is 3.73. The van der Waals surface area contributed by atoms with Crippen molar-refractivity contribution < 1.29 is 22.7 Å². The summed E-state index contributed by atoms with van der Waals surface area (Å²) in [7, 11) is -3.99. The zero-order valence-electron chi connectivity index (χ0n) is 11.0. The van der Waals surface area contributed by atoms with E-state index in [0.717, 1.165) is 18.2 Å². The first-order valence-corrected chi connectivity index (χ1v) is 7.87. The van der Waals surface area contributed by atoms with Gasteiger partial charge >= 0.3 is 6.03 Å². The molecule has 2 N–H and O–H groups in total. The number of nitrogens with one attached hydrogen (secondary N) is 1. The van der Waals surface area contributed by atoms with Crippen molar-refractivity contribution in [1.82, 2.24) is 14.5 Å². The van der Waals surface area contributed by atoms with E-state index in [1.165, 1.54) is 4.31 Å². The van der Waals surface area contributed by atoms with Gasteiger partial charge in [0, 0.05) is 26.2 Å². The molecule has 0 radical (unpaired) electrons. The van der Waals surface area contributed by atoms with Crippen LogP contribution in [0, 0.1) is 5.82 Å². The molecule has 0 spiro atoms. The number of phenols is 1. The molecule has 2 saturated heterocycles. The molecule has 1 unspecified atom stereocenters. The number of halogens is 1. The van der Waals surface area contributed by atoms with Crippen molar-refractivity contribution in [2.24, 2.45) is 0 Å². The van der Waals surface area contributed by atoms with Crippen molar-refractivity contribution in [1.29, 1.82) is 0 Å². The van der Waals surface area contributed by atoms with Crippen molar-refractivity contribution in [3.05, 3.63) is 24.0 Å². The Hall–Kier alpha value is -1.87. The molecule has 7 nitrogen and oxygen atoms in total. The molecule has 1 aromatic rings. The predicted octanol–water partition coefficient (Wildman–Crippen LogP) is -0.0706. The van der Waals surface area contributed by atoms with Gasteiger partial charge in [-0.3, -0.25) is 0 Å². The van der Waals surface area contributed by atoms with Crippen molar-refractivity contribution in [3.63, 3.8) is 0 Å². The van der Waals surface area contributed by atoms with Crippen LogP contribution in [0.2, 0.25) is 0 Å². The maximum absolute atomic E-state index is 13.3. The Balaban J connectivity index is 1.89. The van der Waals surface area contributed by atoms with Gasteiger partial charge in [-0.15, -0.1) is 0 Å². The van der Waals surface area contributed by atoms with Crippen LogP contribution < -0.4 is 5.32 Å². The molecule has 2 heterocycles. The Labute approximate surface area is 121 Å². The molecule has 0 aliphatic carbocycles. The van der Waals surface area contributed by atoms with Crippen LogP contribution >= 0.6 is 0 Å². The van der Waals surface area contributed by atoms with Crippen LogP contribution in [0.4, 0.5) is 9.18 Å². The van der Waals surface area contributed by atoms with Crippen molar-refractivity contribution in [2.45, 2.75) is 10.9 Å². The highest BCUT2D eigenvalue weighted by Gasteiger charge is 2.40. The fourth-order valence-corrected chi connectivity index (χ4v) is 4.19. The van der Waals surface area contributed by atoms with Crippen molar-refractivity contribution in [2.75, 3.05) is 26.2 Å². The SMILES string of the molecule is O=C1NCC2CN(S(=O)(=O)c3cc(F)ccc3O)CCN12. The summed E-state index contributed by atoms with van der Waals surface area (Å²) >= 11 is 0. The number of sulfonamides is 1. The lowest BCUT2D eigenvalue weighted by Crippen LogP contribution is -2.53. The lowest BCUT2D eigenvalue weighted by Gasteiger charge is -2.35. The molecule has 9 heteroatoms. The number of carbonyl (C=O) groups excluding carboxylic acids is 1. The predicted molar refractivity (Wildman–Crippen MR) is 70.7 cm³/mol. The zero-order valence-corrected chi connectivity index (χ0v) is 11.8. The Kier molecular flexibility index (Phi) is 3.25. The summed E-state index contributed by atoms with van der Waals surface area (Å²) < 4.78 is 39.4. The number of benzene rings is 1. The highest BCUT2D eigenvalue weighted by Crippen LogP contribution is 2.28. The molecule has 2 fully saturated rings. The molecule has 0 aromatic heterocycles. The van der Waals surface area contributed by atoms with E-state index in [9.17, 15) is 22.7 Å². The number of amides is 2. The third kappa shape index (κ3) is 2.32. The standard InChI is InChI=1S/C12H14FN3O4S/c13-8-1-2-10(17)11(5-8)21(19,20)15-3-4-16-9(7-15)6-14-12(16)18/h1-2,5,9,17H,3-4,6-7H2,(H,14,18). The van der Waals surface area contributed by atoms with Gasteiger partial charge in [0.1, 0.15) is 16.5 Å². The number of phenolic OH excluding ortho intramolecular Hbond substituents is 1. The molecule has 2 amide bonds. The van der Waals surface area contributed by atoms with Crippen LogP contribution in [0.5, 0.6) is 5.75 Å². The summed E-state index contributed by atoms with van der Waals surface area (Å²) in [6, 6.07) is 2.36. The van der Waals surface area contributed by atoms with Gasteiger partial charge < -0.3 is 15.3 Å². The molecule has 3 rings (SSSR count).